The first-order chi connectivity index (χ1) is 11.4. The summed E-state index contributed by atoms with van der Waals surface area (Å²) in [6, 6.07) is 1.47. The highest BCUT2D eigenvalue weighted by molar-refractivity contribution is 7.18. The Balaban J connectivity index is 1.70. The van der Waals surface area contributed by atoms with E-state index < -0.39 is 12.6 Å². The molecule has 1 spiro atoms. The molecule has 2 saturated heterocycles. The van der Waals surface area contributed by atoms with Crippen LogP contribution in [0.2, 0.25) is 0 Å². The van der Waals surface area contributed by atoms with E-state index in [1.54, 1.807) is 4.90 Å². The maximum Gasteiger partial charge on any atom is 0.393 e. The van der Waals surface area contributed by atoms with Crippen LogP contribution >= 0.6 is 11.3 Å². The number of alkyl halides is 3. The molecule has 128 valence electrons. The third-order valence-electron chi connectivity index (χ3n) is 4.64. The molecule has 0 aliphatic carbocycles. The Hall–Kier alpha value is -1.74. The van der Waals surface area contributed by atoms with Crippen molar-refractivity contribution in [2.24, 2.45) is 5.41 Å². The minimum atomic E-state index is -4.27. The zero-order valence-corrected chi connectivity index (χ0v) is 13.5. The van der Waals surface area contributed by atoms with Gasteiger partial charge in [0.2, 0.25) is 5.91 Å². The van der Waals surface area contributed by atoms with Crippen LogP contribution in [0.5, 0.6) is 0 Å². The summed E-state index contributed by atoms with van der Waals surface area (Å²) < 4.78 is 37.9. The quantitative estimate of drug-likeness (QED) is 0.898. The van der Waals surface area contributed by atoms with E-state index in [9.17, 15) is 18.0 Å². The van der Waals surface area contributed by atoms with E-state index in [4.69, 9.17) is 0 Å². The molecule has 4 rings (SSSR count). The molecule has 2 aromatic heterocycles. The number of nitrogens with one attached hydrogen (secondary N) is 1. The van der Waals surface area contributed by atoms with Gasteiger partial charge in [-0.05, 0) is 19.0 Å². The van der Waals surface area contributed by atoms with Gasteiger partial charge in [-0.2, -0.15) is 13.2 Å². The number of rotatable bonds is 2. The Bertz CT molecular complexity index is 798. The second kappa shape index (κ2) is 5.38. The molecule has 0 saturated carbocycles. The highest BCUT2D eigenvalue weighted by Crippen LogP contribution is 2.41. The number of aromatic nitrogens is 2. The number of hydrogen-bond acceptors (Lipinski definition) is 5. The molecule has 4 heterocycles. The monoisotopic (exact) mass is 356 g/mol. The Labute approximate surface area is 139 Å². The van der Waals surface area contributed by atoms with Gasteiger partial charge in [0.1, 0.15) is 17.0 Å². The third kappa shape index (κ3) is 2.75. The molecule has 1 unspecified atom stereocenters. The largest absolute Gasteiger partial charge is 0.393 e. The molecular weight excluding hydrogens is 341 g/mol. The number of amides is 1. The van der Waals surface area contributed by atoms with Crippen LogP contribution in [0.3, 0.4) is 0 Å². The van der Waals surface area contributed by atoms with Crippen molar-refractivity contribution in [3.8, 4) is 0 Å². The number of carbonyl (C=O) groups excluding carboxylic acids is 1. The lowest BCUT2D eigenvalue weighted by molar-refractivity contribution is -0.126. The zero-order valence-electron chi connectivity index (χ0n) is 12.7. The zero-order chi connectivity index (χ0) is 16.9. The molecule has 9 heteroatoms. The first-order valence-corrected chi connectivity index (χ1v) is 8.48. The molecule has 2 aliphatic rings. The Morgan fingerprint density at radius 3 is 2.92 bits per heavy atom. The summed E-state index contributed by atoms with van der Waals surface area (Å²) in [5.41, 5.74) is -0.0841. The topological polar surface area (TPSA) is 58.1 Å². The van der Waals surface area contributed by atoms with Crippen LogP contribution in [0, 0.1) is 5.41 Å². The third-order valence-corrected chi connectivity index (χ3v) is 5.69. The fourth-order valence-electron chi connectivity index (χ4n) is 3.56. The van der Waals surface area contributed by atoms with E-state index in [-0.39, 0.29) is 16.2 Å². The molecule has 2 aliphatic heterocycles. The van der Waals surface area contributed by atoms with Gasteiger partial charge in [0.15, 0.2) is 0 Å². The number of halogens is 3. The lowest BCUT2D eigenvalue weighted by Gasteiger charge is -2.21. The van der Waals surface area contributed by atoms with E-state index in [0.29, 0.717) is 29.0 Å². The van der Waals surface area contributed by atoms with Crippen LogP contribution in [-0.4, -0.2) is 41.7 Å². The van der Waals surface area contributed by atoms with E-state index in [2.05, 4.69) is 15.3 Å². The summed E-state index contributed by atoms with van der Waals surface area (Å²) in [6.45, 7) is 2.22. The first kappa shape index (κ1) is 15.8. The first-order valence-electron chi connectivity index (χ1n) is 7.67. The van der Waals surface area contributed by atoms with Gasteiger partial charge >= 0.3 is 6.18 Å². The van der Waals surface area contributed by atoms with Crippen molar-refractivity contribution in [2.75, 3.05) is 24.5 Å². The number of hydrogen-bond donors (Lipinski definition) is 1. The molecule has 1 atom stereocenters. The van der Waals surface area contributed by atoms with Crippen molar-refractivity contribution in [3.63, 3.8) is 0 Å². The van der Waals surface area contributed by atoms with Crippen molar-refractivity contribution in [1.29, 1.82) is 0 Å². The van der Waals surface area contributed by atoms with Crippen LogP contribution in [0.15, 0.2) is 12.4 Å². The fraction of sp³-hybridized carbons (Fsp3) is 0.533. The lowest BCUT2D eigenvalue weighted by Crippen LogP contribution is -2.30. The molecule has 1 N–H and O–H groups in total. The smallest absolute Gasteiger partial charge is 0.316 e. The predicted molar refractivity (Wildman–Crippen MR) is 84.1 cm³/mol. The van der Waals surface area contributed by atoms with Crippen LogP contribution in [0.4, 0.5) is 19.0 Å². The summed E-state index contributed by atoms with van der Waals surface area (Å²) in [7, 11) is 0. The fourth-order valence-corrected chi connectivity index (χ4v) is 4.58. The molecule has 2 aromatic rings. The minimum Gasteiger partial charge on any atom is -0.316 e. The summed E-state index contributed by atoms with van der Waals surface area (Å²) in [5.74, 6) is 0.403. The van der Waals surface area contributed by atoms with Crippen molar-refractivity contribution >= 4 is 33.3 Å². The molecule has 24 heavy (non-hydrogen) atoms. The van der Waals surface area contributed by atoms with Crippen LogP contribution in [0.25, 0.3) is 10.2 Å². The summed E-state index contributed by atoms with van der Waals surface area (Å²) >= 11 is 1.00. The van der Waals surface area contributed by atoms with Crippen LogP contribution in [0.1, 0.15) is 17.7 Å². The number of fused-ring (bicyclic) bond motifs is 1. The maximum absolute atomic E-state index is 12.6. The minimum absolute atomic E-state index is 0.0257. The average Bonchev–Trinajstić information content (AvgIpc) is 3.16. The van der Waals surface area contributed by atoms with E-state index in [0.717, 1.165) is 30.8 Å². The average molecular weight is 356 g/mol. The molecule has 0 aromatic carbocycles. The summed E-state index contributed by atoms with van der Waals surface area (Å²) in [5, 5.41) is 3.81. The van der Waals surface area contributed by atoms with Crippen molar-refractivity contribution in [2.45, 2.75) is 25.4 Å². The van der Waals surface area contributed by atoms with Gasteiger partial charge in [-0.25, -0.2) is 9.97 Å². The van der Waals surface area contributed by atoms with Gasteiger partial charge in [0.05, 0.1) is 11.8 Å². The number of carbonyl (C=O) groups is 1. The van der Waals surface area contributed by atoms with E-state index >= 15 is 0 Å². The van der Waals surface area contributed by atoms with Gasteiger partial charge < -0.3 is 5.32 Å². The van der Waals surface area contributed by atoms with E-state index in [1.165, 1.54) is 12.4 Å². The van der Waals surface area contributed by atoms with Gasteiger partial charge in [0, 0.05) is 29.8 Å². The number of anilines is 1. The number of nitrogens with zero attached hydrogens (tertiary/aromatic N) is 3. The van der Waals surface area contributed by atoms with Gasteiger partial charge in [-0.1, -0.05) is 0 Å². The van der Waals surface area contributed by atoms with Gasteiger partial charge in [-0.3, -0.25) is 9.69 Å². The highest BCUT2D eigenvalue weighted by atomic mass is 32.1. The van der Waals surface area contributed by atoms with Gasteiger partial charge in [0.25, 0.3) is 0 Å². The predicted octanol–water partition coefficient (Wildman–Crippen LogP) is 2.51. The Kier molecular flexibility index (Phi) is 3.54. The SMILES string of the molecule is O=C1CC2(CCNC2)CN1c1ncnc2sc(CC(F)(F)F)cc12. The van der Waals surface area contributed by atoms with Crippen molar-refractivity contribution < 1.29 is 18.0 Å². The van der Waals surface area contributed by atoms with Gasteiger partial charge in [-0.15, -0.1) is 11.3 Å². The van der Waals surface area contributed by atoms with Crippen molar-refractivity contribution in [3.05, 3.63) is 17.3 Å². The van der Waals surface area contributed by atoms with Crippen LogP contribution in [-0.2, 0) is 11.2 Å². The summed E-state index contributed by atoms with van der Waals surface area (Å²) in [4.78, 5) is 23.0. The molecular formula is C15H15F3N4OS. The molecule has 0 radical (unpaired) electrons. The van der Waals surface area contributed by atoms with E-state index in [1.807, 2.05) is 0 Å². The van der Waals surface area contributed by atoms with Crippen molar-refractivity contribution in [1.82, 2.24) is 15.3 Å². The maximum atomic E-state index is 12.6. The number of thiophene rings is 1. The Morgan fingerprint density at radius 1 is 1.38 bits per heavy atom. The second-order valence-corrected chi connectivity index (χ2v) is 7.62. The highest BCUT2D eigenvalue weighted by Gasteiger charge is 2.46. The standard InChI is InChI=1S/C15H15F3N4OS/c16-15(17,18)4-9-3-10-12(20-8-21-13(10)24-9)22-7-14(5-11(22)23)1-2-19-6-14/h3,8,19H,1-2,4-7H2. The second-order valence-electron chi connectivity index (χ2n) is 6.50. The Morgan fingerprint density at radius 2 is 2.21 bits per heavy atom. The normalized spacial score (nSPS) is 24.6. The summed E-state index contributed by atoms with van der Waals surface area (Å²) in [6.07, 6.45) is -2.57. The van der Waals surface area contributed by atoms with Crippen LogP contribution < -0.4 is 10.2 Å². The molecule has 5 nitrogen and oxygen atoms in total. The molecule has 0 bridgehead atoms. The molecule has 2 fully saturated rings. The lowest BCUT2D eigenvalue weighted by atomic mass is 9.86. The molecule has 1 amide bonds.